The van der Waals surface area contributed by atoms with E-state index in [1.165, 1.54) is 0 Å². The summed E-state index contributed by atoms with van der Waals surface area (Å²) in [7, 11) is 1.65. The average Bonchev–Trinajstić information content (AvgIpc) is 3.36. The third-order valence-electron chi connectivity index (χ3n) is 6.81. The predicted molar refractivity (Wildman–Crippen MR) is 157 cm³/mol. The van der Waals surface area contributed by atoms with Gasteiger partial charge in [-0.3, -0.25) is 14.3 Å². The van der Waals surface area contributed by atoms with Gasteiger partial charge in [-0.25, -0.2) is 0 Å². The number of hydrogen-bond acceptors (Lipinski definition) is 6. The minimum absolute atomic E-state index is 0.0207. The highest BCUT2D eigenvalue weighted by Crippen LogP contribution is 2.25. The van der Waals surface area contributed by atoms with Gasteiger partial charge >= 0.3 is 0 Å². The maximum atomic E-state index is 12.8. The van der Waals surface area contributed by atoms with Crippen LogP contribution in [0.2, 0.25) is 0 Å². The van der Waals surface area contributed by atoms with Gasteiger partial charge in [0.15, 0.2) is 11.6 Å². The van der Waals surface area contributed by atoms with Crippen LogP contribution in [0.4, 0.5) is 11.5 Å². The number of para-hydroxylation sites is 1. The van der Waals surface area contributed by atoms with Gasteiger partial charge in [-0.05, 0) is 72.1 Å². The molecule has 6 rings (SSSR count). The van der Waals surface area contributed by atoms with E-state index in [4.69, 9.17) is 4.74 Å². The van der Waals surface area contributed by atoms with Gasteiger partial charge in [0.2, 0.25) is 5.91 Å². The summed E-state index contributed by atoms with van der Waals surface area (Å²) in [6.07, 6.45) is 4.79. The minimum Gasteiger partial charge on any atom is -0.497 e. The number of carbonyl (C=O) groups excluding carboxylic acids is 1. The number of amides is 1. The van der Waals surface area contributed by atoms with E-state index in [-0.39, 0.29) is 12.3 Å². The monoisotopic (exact) mass is 528 g/mol. The average molecular weight is 529 g/mol. The van der Waals surface area contributed by atoms with Crippen molar-refractivity contribution in [1.29, 1.82) is 0 Å². The third-order valence-corrected chi connectivity index (χ3v) is 6.81. The number of methoxy groups -OCH3 is 1. The van der Waals surface area contributed by atoms with Crippen LogP contribution in [0.25, 0.3) is 27.6 Å². The standard InChI is InChI=1S/C32H28N6O2/c1-40-26-11-8-22(9-12-26)16-18-34-32(39)20-24-21-38(29-7-3-2-6-27(24)29)31-15-14-30(36-37-31)35-25-10-13-28-23(19-25)5-4-17-33-28/h2-15,17,19,21H,16,18,20H2,1H3,(H,34,39)(H,35,36). The van der Waals surface area contributed by atoms with Crippen molar-refractivity contribution in [2.24, 2.45) is 0 Å². The lowest BCUT2D eigenvalue weighted by atomic mass is 10.1. The molecular formula is C32H28N6O2. The number of nitrogens with one attached hydrogen (secondary N) is 2. The lowest BCUT2D eigenvalue weighted by Crippen LogP contribution is -2.27. The van der Waals surface area contributed by atoms with Gasteiger partial charge in [0.25, 0.3) is 0 Å². The summed E-state index contributed by atoms with van der Waals surface area (Å²) >= 11 is 0. The van der Waals surface area contributed by atoms with E-state index < -0.39 is 0 Å². The van der Waals surface area contributed by atoms with Crippen molar-refractivity contribution in [3.63, 3.8) is 0 Å². The molecule has 0 aliphatic heterocycles. The van der Waals surface area contributed by atoms with Crippen molar-refractivity contribution in [3.8, 4) is 11.6 Å². The summed E-state index contributed by atoms with van der Waals surface area (Å²) in [6, 6.07) is 29.6. The fourth-order valence-electron chi connectivity index (χ4n) is 4.78. The summed E-state index contributed by atoms with van der Waals surface area (Å²) in [6.45, 7) is 0.567. The lowest BCUT2D eigenvalue weighted by Gasteiger charge is -2.08. The fraction of sp³-hybridized carbons (Fsp3) is 0.125. The molecule has 1 amide bonds. The van der Waals surface area contributed by atoms with Crippen molar-refractivity contribution in [2.45, 2.75) is 12.8 Å². The van der Waals surface area contributed by atoms with Gasteiger partial charge in [-0.1, -0.05) is 36.4 Å². The van der Waals surface area contributed by atoms with Crippen LogP contribution in [-0.4, -0.2) is 39.3 Å². The Labute approximate surface area is 231 Å². The molecular weight excluding hydrogens is 500 g/mol. The van der Waals surface area contributed by atoms with E-state index in [1.807, 2.05) is 102 Å². The summed E-state index contributed by atoms with van der Waals surface area (Å²) in [5.41, 5.74) is 4.91. The van der Waals surface area contributed by atoms with Gasteiger partial charge in [0.1, 0.15) is 5.75 Å². The highest BCUT2D eigenvalue weighted by Gasteiger charge is 2.14. The molecule has 3 aromatic heterocycles. The Bertz CT molecular complexity index is 1780. The second kappa shape index (κ2) is 11.2. The number of rotatable bonds is 9. The lowest BCUT2D eigenvalue weighted by molar-refractivity contribution is -0.120. The first kappa shape index (κ1) is 25.1. The summed E-state index contributed by atoms with van der Waals surface area (Å²) in [5.74, 6) is 2.12. The zero-order chi connectivity index (χ0) is 27.3. The molecule has 3 aromatic carbocycles. The largest absolute Gasteiger partial charge is 0.497 e. The van der Waals surface area contributed by atoms with Crippen LogP contribution in [0.5, 0.6) is 5.75 Å². The van der Waals surface area contributed by atoms with E-state index in [9.17, 15) is 4.79 Å². The number of pyridine rings is 1. The molecule has 3 heterocycles. The Morgan fingerprint density at radius 2 is 1.80 bits per heavy atom. The maximum absolute atomic E-state index is 12.8. The Hall–Kier alpha value is -5.24. The van der Waals surface area contributed by atoms with Gasteiger partial charge in [-0.2, -0.15) is 0 Å². The van der Waals surface area contributed by atoms with Crippen LogP contribution in [0.1, 0.15) is 11.1 Å². The van der Waals surface area contributed by atoms with Crippen LogP contribution in [0.3, 0.4) is 0 Å². The summed E-state index contributed by atoms with van der Waals surface area (Å²) < 4.78 is 7.18. The van der Waals surface area contributed by atoms with Gasteiger partial charge < -0.3 is 15.4 Å². The topological polar surface area (TPSA) is 94.0 Å². The number of hydrogen-bond donors (Lipinski definition) is 2. The van der Waals surface area contributed by atoms with E-state index in [1.54, 1.807) is 13.3 Å². The maximum Gasteiger partial charge on any atom is 0.224 e. The normalized spacial score (nSPS) is 11.0. The minimum atomic E-state index is -0.0207. The number of aromatic nitrogens is 4. The highest BCUT2D eigenvalue weighted by atomic mass is 16.5. The highest BCUT2D eigenvalue weighted by molar-refractivity contribution is 5.90. The molecule has 0 unspecified atom stereocenters. The van der Waals surface area contributed by atoms with E-state index >= 15 is 0 Å². The third kappa shape index (κ3) is 5.47. The SMILES string of the molecule is COc1ccc(CCNC(=O)Cc2cn(-c3ccc(Nc4ccc5ncccc5c4)nn3)c3ccccc23)cc1. The van der Waals surface area contributed by atoms with Crippen LogP contribution in [0, 0.1) is 0 Å². The van der Waals surface area contributed by atoms with E-state index in [2.05, 4.69) is 25.8 Å². The summed E-state index contributed by atoms with van der Waals surface area (Å²) in [4.78, 5) is 17.2. The molecule has 40 heavy (non-hydrogen) atoms. The number of carbonyl (C=O) groups is 1. The molecule has 6 aromatic rings. The second-order valence-corrected chi connectivity index (χ2v) is 9.48. The molecule has 8 nitrogen and oxygen atoms in total. The zero-order valence-electron chi connectivity index (χ0n) is 22.0. The van der Waals surface area contributed by atoms with Crippen molar-refractivity contribution in [2.75, 3.05) is 19.0 Å². The quantitative estimate of drug-likeness (QED) is 0.253. The van der Waals surface area contributed by atoms with Crippen molar-refractivity contribution in [1.82, 2.24) is 25.1 Å². The molecule has 8 heteroatoms. The molecule has 0 aliphatic rings. The number of fused-ring (bicyclic) bond motifs is 2. The Kier molecular flexibility index (Phi) is 7.05. The molecule has 0 radical (unpaired) electrons. The Morgan fingerprint density at radius 3 is 2.62 bits per heavy atom. The zero-order valence-corrected chi connectivity index (χ0v) is 22.0. The number of anilines is 2. The van der Waals surface area contributed by atoms with E-state index in [0.717, 1.165) is 50.8 Å². The molecule has 0 spiro atoms. The van der Waals surface area contributed by atoms with Crippen LogP contribution in [-0.2, 0) is 17.6 Å². The molecule has 198 valence electrons. The van der Waals surface area contributed by atoms with Gasteiger partial charge in [0.05, 0.1) is 24.6 Å². The van der Waals surface area contributed by atoms with Crippen LogP contribution >= 0.6 is 0 Å². The number of ether oxygens (including phenoxy) is 1. The van der Waals surface area contributed by atoms with Crippen molar-refractivity contribution in [3.05, 3.63) is 115 Å². The van der Waals surface area contributed by atoms with Crippen molar-refractivity contribution < 1.29 is 9.53 Å². The second-order valence-electron chi connectivity index (χ2n) is 9.48. The Balaban J connectivity index is 1.14. The van der Waals surface area contributed by atoms with E-state index in [0.29, 0.717) is 18.2 Å². The molecule has 2 N–H and O–H groups in total. The number of nitrogens with zero attached hydrogens (tertiary/aromatic N) is 4. The van der Waals surface area contributed by atoms with Crippen LogP contribution < -0.4 is 15.4 Å². The first-order chi connectivity index (χ1) is 19.7. The number of benzene rings is 3. The molecule has 0 bridgehead atoms. The van der Waals surface area contributed by atoms with Crippen LogP contribution in [0.15, 0.2) is 103 Å². The first-order valence-electron chi connectivity index (χ1n) is 13.1. The Morgan fingerprint density at radius 1 is 0.925 bits per heavy atom. The van der Waals surface area contributed by atoms with Gasteiger partial charge in [0, 0.05) is 35.4 Å². The van der Waals surface area contributed by atoms with Gasteiger partial charge in [-0.15, -0.1) is 10.2 Å². The molecule has 0 aliphatic carbocycles. The molecule has 0 atom stereocenters. The molecule has 0 saturated heterocycles. The first-order valence-corrected chi connectivity index (χ1v) is 13.1. The fourth-order valence-corrected chi connectivity index (χ4v) is 4.78. The smallest absolute Gasteiger partial charge is 0.224 e. The van der Waals surface area contributed by atoms with Crippen molar-refractivity contribution >= 4 is 39.2 Å². The summed E-state index contributed by atoms with van der Waals surface area (Å²) in [5, 5.41) is 17.3. The molecule has 0 fully saturated rings. The predicted octanol–water partition coefficient (Wildman–Crippen LogP) is 5.62. The molecule has 0 saturated carbocycles.